The number of aldehydes is 1. The summed E-state index contributed by atoms with van der Waals surface area (Å²) in [6, 6.07) is 3.80. The van der Waals surface area contributed by atoms with Crippen LogP contribution in [0.3, 0.4) is 0 Å². The summed E-state index contributed by atoms with van der Waals surface area (Å²) in [5.41, 5.74) is 0.179. The Hall–Kier alpha value is -1.51. The number of rotatable bonds is 1. The number of benzene rings is 1. The molecular formula is C11H18O3. The van der Waals surface area contributed by atoms with Crippen LogP contribution in [0.1, 0.15) is 38.1 Å². The monoisotopic (exact) mass is 198 g/mol. The van der Waals surface area contributed by atoms with E-state index in [9.17, 15) is 4.79 Å². The van der Waals surface area contributed by atoms with Crippen molar-refractivity contribution in [3.05, 3.63) is 23.8 Å². The molecule has 1 rings (SSSR count). The van der Waals surface area contributed by atoms with Crippen LogP contribution in [-0.2, 0) is 0 Å². The Kier molecular flexibility index (Phi) is 10.3. The van der Waals surface area contributed by atoms with Gasteiger partial charge in [0, 0.05) is 6.07 Å². The molecule has 0 aromatic heterocycles. The molecule has 1 aromatic carbocycles. The molecule has 1 aromatic rings. The van der Waals surface area contributed by atoms with Gasteiger partial charge in [-0.3, -0.25) is 4.79 Å². The van der Waals surface area contributed by atoms with Crippen molar-refractivity contribution in [2.75, 3.05) is 0 Å². The molecule has 3 nitrogen and oxygen atoms in total. The lowest BCUT2D eigenvalue weighted by Gasteiger charge is -1.95. The predicted octanol–water partition coefficient (Wildman–Crippen LogP) is 2.96. The molecule has 0 spiro atoms. The van der Waals surface area contributed by atoms with Crippen molar-refractivity contribution in [3.63, 3.8) is 0 Å². The van der Waals surface area contributed by atoms with Gasteiger partial charge in [0.2, 0.25) is 0 Å². The molecule has 3 heteroatoms. The van der Waals surface area contributed by atoms with Crippen molar-refractivity contribution in [2.24, 2.45) is 0 Å². The number of phenolic OH excluding ortho intramolecular Hbond substituents is 2. The summed E-state index contributed by atoms with van der Waals surface area (Å²) in [5, 5.41) is 17.7. The van der Waals surface area contributed by atoms with E-state index in [1.807, 2.05) is 27.7 Å². The quantitative estimate of drug-likeness (QED) is 0.682. The molecule has 0 aliphatic heterocycles. The Labute approximate surface area is 85.0 Å². The second kappa shape index (κ2) is 9.58. The summed E-state index contributed by atoms with van der Waals surface area (Å²) in [6.45, 7) is 8.00. The average Bonchev–Trinajstić information content (AvgIpc) is 2.24. The van der Waals surface area contributed by atoms with E-state index in [-0.39, 0.29) is 17.1 Å². The van der Waals surface area contributed by atoms with Crippen molar-refractivity contribution >= 4 is 6.29 Å². The summed E-state index contributed by atoms with van der Waals surface area (Å²) in [4.78, 5) is 10.1. The Balaban J connectivity index is 0. The number of carbonyl (C=O) groups is 1. The Bertz CT molecular complexity index is 257. The first-order valence-corrected chi connectivity index (χ1v) is 4.71. The molecule has 0 aliphatic rings. The number of hydrogen-bond acceptors (Lipinski definition) is 3. The molecular weight excluding hydrogens is 180 g/mol. The van der Waals surface area contributed by atoms with Gasteiger partial charge in [0.25, 0.3) is 0 Å². The molecule has 0 unspecified atom stereocenters. The van der Waals surface area contributed by atoms with Crippen molar-refractivity contribution in [3.8, 4) is 11.5 Å². The molecule has 0 bridgehead atoms. The largest absolute Gasteiger partial charge is 0.508 e. The highest BCUT2D eigenvalue weighted by molar-refractivity contribution is 5.79. The first kappa shape index (κ1) is 15.0. The maximum atomic E-state index is 10.1. The predicted molar refractivity (Wildman–Crippen MR) is 57.9 cm³/mol. The fraction of sp³-hybridized carbons (Fsp3) is 0.364. The second-order valence-corrected chi connectivity index (χ2v) is 1.86. The number of hydrogen-bond donors (Lipinski definition) is 2. The fourth-order valence-electron chi connectivity index (χ4n) is 0.632. The minimum Gasteiger partial charge on any atom is -0.508 e. The number of carbonyl (C=O) groups excluding carboxylic acids is 1. The van der Waals surface area contributed by atoms with Crippen LogP contribution in [0, 0.1) is 0 Å². The van der Waals surface area contributed by atoms with E-state index in [0.29, 0.717) is 6.29 Å². The molecule has 0 saturated heterocycles. The van der Waals surface area contributed by atoms with Gasteiger partial charge in [-0.15, -0.1) is 0 Å². The molecule has 0 fully saturated rings. The normalized spacial score (nSPS) is 7.43. The van der Waals surface area contributed by atoms with Gasteiger partial charge in [-0.1, -0.05) is 27.7 Å². The third-order valence-electron chi connectivity index (χ3n) is 1.14. The maximum Gasteiger partial charge on any atom is 0.153 e. The van der Waals surface area contributed by atoms with Crippen molar-refractivity contribution in [2.45, 2.75) is 27.7 Å². The minimum absolute atomic E-state index is 0.0527. The van der Waals surface area contributed by atoms with E-state index in [2.05, 4.69) is 0 Å². The third-order valence-corrected chi connectivity index (χ3v) is 1.14. The maximum absolute atomic E-state index is 10.1. The molecule has 0 heterocycles. The van der Waals surface area contributed by atoms with Gasteiger partial charge >= 0.3 is 0 Å². The highest BCUT2D eigenvalue weighted by Crippen LogP contribution is 2.20. The van der Waals surface area contributed by atoms with Crippen LogP contribution >= 0.6 is 0 Å². The van der Waals surface area contributed by atoms with Crippen molar-refractivity contribution < 1.29 is 15.0 Å². The smallest absolute Gasteiger partial charge is 0.153 e. The molecule has 0 amide bonds. The highest BCUT2D eigenvalue weighted by Gasteiger charge is 1.98. The van der Waals surface area contributed by atoms with Crippen molar-refractivity contribution in [1.29, 1.82) is 0 Å². The third kappa shape index (κ3) is 5.19. The van der Waals surface area contributed by atoms with Crippen LogP contribution in [0.15, 0.2) is 18.2 Å². The van der Waals surface area contributed by atoms with Crippen LogP contribution in [0.2, 0.25) is 0 Å². The summed E-state index contributed by atoms with van der Waals surface area (Å²) in [7, 11) is 0. The number of phenols is 2. The zero-order valence-electron chi connectivity index (χ0n) is 9.11. The average molecular weight is 198 g/mol. The van der Waals surface area contributed by atoms with Gasteiger partial charge in [-0.05, 0) is 12.1 Å². The van der Waals surface area contributed by atoms with Gasteiger partial charge in [0.1, 0.15) is 11.5 Å². The first-order valence-electron chi connectivity index (χ1n) is 4.71. The summed E-state index contributed by atoms with van der Waals surface area (Å²) < 4.78 is 0. The van der Waals surface area contributed by atoms with Gasteiger partial charge in [0.15, 0.2) is 6.29 Å². The molecule has 80 valence electrons. The Morgan fingerprint density at radius 2 is 1.57 bits per heavy atom. The highest BCUT2D eigenvalue weighted by atomic mass is 16.3. The molecule has 0 aliphatic carbocycles. The van der Waals surface area contributed by atoms with Gasteiger partial charge in [-0.2, -0.15) is 0 Å². The van der Waals surface area contributed by atoms with Crippen LogP contribution in [0.4, 0.5) is 0 Å². The van der Waals surface area contributed by atoms with Crippen LogP contribution < -0.4 is 0 Å². The molecule has 0 atom stereocenters. The summed E-state index contributed by atoms with van der Waals surface area (Å²) in [6.07, 6.45) is 0.523. The standard InChI is InChI=1S/C7H6O3.2C2H6/c8-4-5-1-2-6(9)3-7(5)10;2*1-2/h1-4,9-10H;2*1-2H3. The molecule has 2 N–H and O–H groups in total. The fourth-order valence-corrected chi connectivity index (χ4v) is 0.632. The summed E-state index contributed by atoms with van der Waals surface area (Å²) >= 11 is 0. The lowest BCUT2D eigenvalue weighted by molar-refractivity contribution is 0.112. The van der Waals surface area contributed by atoms with E-state index in [1.54, 1.807) is 0 Å². The minimum atomic E-state index is -0.199. The zero-order chi connectivity index (χ0) is 11.6. The second-order valence-electron chi connectivity index (χ2n) is 1.86. The van der Waals surface area contributed by atoms with Crippen molar-refractivity contribution in [1.82, 2.24) is 0 Å². The Morgan fingerprint density at radius 3 is 1.93 bits per heavy atom. The zero-order valence-corrected chi connectivity index (χ0v) is 9.11. The van der Waals surface area contributed by atoms with E-state index in [0.717, 1.165) is 6.07 Å². The van der Waals surface area contributed by atoms with Crippen LogP contribution in [-0.4, -0.2) is 16.5 Å². The van der Waals surface area contributed by atoms with E-state index >= 15 is 0 Å². The SMILES string of the molecule is CC.CC.O=Cc1ccc(O)cc1O. The molecule has 0 saturated carbocycles. The topological polar surface area (TPSA) is 57.5 Å². The van der Waals surface area contributed by atoms with Crippen LogP contribution in [0.5, 0.6) is 11.5 Å². The molecule has 14 heavy (non-hydrogen) atoms. The lowest BCUT2D eigenvalue weighted by Crippen LogP contribution is -1.78. The molecule has 0 radical (unpaired) electrons. The summed E-state index contributed by atoms with van der Waals surface area (Å²) in [5.74, 6) is -0.252. The van der Waals surface area contributed by atoms with E-state index in [1.165, 1.54) is 12.1 Å². The van der Waals surface area contributed by atoms with Crippen LogP contribution in [0.25, 0.3) is 0 Å². The lowest BCUT2D eigenvalue weighted by atomic mass is 10.2. The van der Waals surface area contributed by atoms with Gasteiger partial charge in [0.05, 0.1) is 5.56 Å². The van der Waals surface area contributed by atoms with E-state index < -0.39 is 0 Å². The van der Waals surface area contributed by atoms with E-state index in [4.69, 9.17) is 10.2 Å². The number of aromatic hydroxyl groups is 2. The Morgan fingerprint density at radius 1 is 1.07 bits per heavy atom. The van der Waals surface area contributed by atoms with Gasteiger partial charge in [-0.25, -0.2) is 0 Å². The first-order chi connectivity index (χ1) is 6.74. The van der Waals surface area contributed by atoms with Gasteiger partial charge < -0.3 is 10.2 Å².